The largest absolute Gasteiger partial charge is 0.397 e. The van der Waals surface area contributed by atoms with Crippen molar-refractivity contribution in [2.24, 2.45) is 0 Å². The van der Waals surface area contributed by atoms with E-state index in [9.17, 15) is 13.6 Å². The predicted octanol–water partition coefficient (Wildman–Crippen LogP) is 3.62. The van der Waals surface area contributed by atoms with Crippen LogP contribution in [0.1, 0.15) is 11.3 Å². The Bertz CT molecular complexity index is 1270. The number of H-pyrrole nitrogens is 1. The topological polar surface area (TPSA) is 97.8 Å². The molecular formula is C21H16F2N4O. The van der Waals surface area contributed by atoms with Gasteiger partial charge >= 0.3 is 0 Å². The minimum Gasteiger partial charge on any atom is -0.397 e. The van der Waals surface area contributed by atoms with Gasteiger partial charge in [-0.25, -0.2) is 13.9 Å². The van der Waals surface area contributed by atoms with Gasteiger partial charge in [0.15, 0.2) is 0 Å². The summed E-state index contributed by atoms with van der Waals surface area (Å²) in [5.74, 6) is -0.946. The molecule has 0 spiro atoms. The third-order valence-electron chi connectivity index (χ3n) is 4.64. The normalized spacial score (nSPS) is 11.1. The van der Waals surface area contributed by atoms with E-state index in [-0.39, 0.29) is 17.2 Å². The molecule has 0 unspecified atom stereocenters. The second kappa shape index (κ2) is 6.77. The van der Waals surface area contributed by atoms with E-state index < -0.39 is 17.2 Å². The van der Waals surface area contributed by atoms with Crippen molar-refractivity contribution in [3.63, 3.8) is 0 Å². The van der Waals surface area contributed by atoms with Gasteiger partial charge in [0.1, 0.15) is 11.6 Å². The number of halogens is 2. The number of hydrogen-bond acceptors (Lipinski definition) is 4. The second-order valence-electron chi connectivity index (χ2n) is 6.50. The first-order chi connectivity index (χ1) is 13.4. The van der Waals surface area contributed by atoms with Gasteiger partial charge in [-0.2, -0.15) is 5.10 Å². The second-order valence-corrected chi connectivity index (χ2v) is 6.50. The summed E-state index contributed by atoms with van der Waals surface area (Å²) in [7, 11) is 0. The third-order valence-corrected chi connectivity index (χ3v) is 4.64. The SMILES string of the molecule is Nc1ccc(-c2cc(Cc3n[nH]c(=O)c4cccc(F)c34)ccc2F)cc1N. The summed E-state index contributed by atoms with van der Waals surface area (Å²) in [6, 6.07) is 13.8. The van der Waals surface area contributed by atoms with Crippen LogP contribution in [0.3, 0.4) is 0 Å². The van der Waals surface area contributed by atoms with Gasteiger partial charge in [-0.3, -0.25) is 4.79 Å². The van der Waals surface area contributed by atoms with Crippen LogP contribution < -0.4 is 17.0 Å². The fourth-order valence-electron chi connectivity index (χ4n) is 3.21. The lowest BCUT2D eigenvalue weighted by Crippen LogP contribution is -2.12. The Morgan fingerprint density at radius 3 is 2.54 bits per heavy atom. The molecule has 1 heterocycles. The smallest absolute Gasteiger partial charge is 0.272 e. The summed E-state index contributed by atoms with van der Waals surface area (Å²) in [4.78, 5) is 11.9. The molecule has 0 aliphatic rings. The summed E-state index contributed by atoms with van der Waals surface area (Å²) in [5, 5.41) is 6.77. The highest BCUT2D eigenvalue weighted by Crippen LogP contribution is 2.29. The number of nitrogens with two attached hydrogens (primary N) is 2. The van der Waals surface area contributed by atoms with Gasteiger partial charge in [-0.1, -0.05) is 18.2 Å². The molecule has 0 aliphatic heterocycles. The van der Waals surface area contributed by atoms with Crippen molar-refractivity contribution < 1.29 is 8.78 Å². The minimum absolute atomic E-state index is 0.161. The van der Waals surface area contributed by atoms with E-state index in [1.165, 1.54) is 24.3 Å². The lowest BCUT2D eigenvalue weighted by molar-refractivity contribution is 0.630. The average molecular weight is 378 g/mol. The molecule has 7 heteroatoms. The zero-order valence-electron chi connectivity index (χ0n) is 14.7. The Labute approximate surface area is 158 Å². The maximum Gasteiger partial charge on any atom is 0.272 e. The Morgan fingerprint density at radius 2 is 1.75 bits per heavy atom. The summed E-state index contributed by atoms with van der Waals surface area (Å²) in [6.07, 6.45) is 0.214. The summed E-state index contributed by atoms with van der Waals surface area (Å²) in [6.45, 7) is 0. The number of benzene rings is 3. The molecule has 0 aliphatic carbocycles. The van der Waals surface area contributed by atoms with Crippen LogP contribution in [0.5, 0.6) is 0 Å². The van der Waals surface area contributed by atoms with Crippen molar-refractivity contribution in [2.75, 3.05) is 11.5 Å². The Balaban J connectivity index is 1.80. The van der Waals surface area contributed by atoms with Crippen LogP contribution in [-0.4, -0.2) is 10.2 Å². The molecule has 28 heavy (non-hydrogen) atoms. The average Bonchev–Trinajstić information content (AvgIpc) is 2.68. The fourth-order valence-corrected chi connectivity index (χ4v) is 3.21. The van der Waals surface area contributed by atoms with E-state index in [0.717, 1.165) is 0 Å². The standard InChI is InChI=1S/C21H16F2N4O/c22-15-6-4-11(8-14(15)12-5-7-17(24)18(25)10-12)9-19-20-13(21(28)27-26-19)2-1-3-16(20)23/h1-8,10H,9,24-25H2,(H,27,28). The molecule has 5 nitrogen and oxygen atoms in total. The van der Waals surface area contributed by atoms with E-state index >= 15 is 0 Å². The highest BCUT2D eigenvalue weighted by Gasteiger charge is 2.13. The molecule has 0 radical (unpaired) electrons. The Kier molecular flexibility index (Phi) is 4.27. The molecule has 5 N–H and O–H groups in total. The summed E-state index contributed by atoms with van der Waals surface area (Å²) in [5.41, 5.74) is 13.9. The molecular weight excluding hydrogens is 362 g/mol. The van der Waals surface area contributed by atoms with E-state index in [1.807, 2.05) is 0 Å². The maximum absolute atomic E-state index is 14.4. The van der Waals surface area contributed by atoms with Crippen molar-refractivity contribution in [3.8, 4) is 11.1 Å². The molecule has 0 saturated carbocycles. The molecule has 0 bridgehead atoms. The molecule has 0 amide bonds. The number of aromatic nitrogens is 2. The highest BCUT2D eigenvalue weighted by atomic mass is 19.1. The Hall–Kier alpha value is -3.74. The molecule has 0 saturated heterocycles. The van der Waals surface area contributed by atoms with Crippen LogP contribution >= 0.6 is 0 Å². The summed E-state index contributed by atoms with van der Waals surface area (Å²) < 4.78 is 28.7. The lowest BCUT2D eigenvalue weighted by Gasteiger charge is -2.10. The van der Waals surface area contributed by atoms with E-state index in [4.69, 9.17) is 11.5 Å². The molecule has 0 atom stereocenters. The van der Waals surface area contributed by atoms with Gasteiger partial charge in [0, 0.05) is 17.4 Å². The van der Waals surface area contributed by atoms with Crippen molar-refractivity contribution >= 4 is 22.1 Å². The number of anilines is 2. The highest BCUT2D eigenvalue weighted by molar-refractivity contribution is 5.84. The first kappa shape index (κ1) is 17.7. The third kappa shape index (κ3) is 3.07. The zero-order valence-corrected chi connectivity index (χ0v) is 14.7. The summed E-state index contributed by atoms with van der Waals surface area (Å²) >= 11 is 0. The van der Waals surface area contributed by atoms with E-state index in [1.54, 1.807) is 30.3 Å². The minimum atomic E-state index is -0.528. The van der Waals surface area contributed by atoms with Crippen molar-refractivity contribution in [1.82, 2.24) is 10.2 Å². The van der Waals surface area contributed by atoms with Crippen LogP contribution in [-0.2, 0) is 6.42 Å². The van der Waals surface area contributed by atoms with Crippen molar-refractivity contribution in [1.29, 1.82) is 0 Å². The first-order valence-corrected chi connectivity index (χ1v) is 8.53. The van der Waals surface area contributed by atoms with E-state index in [2.05, 4.69) is 10.2 Å². The van der Waals surface area contributed by atoms with Crippen LogP contribution in [0.25, 0.3) is 21.9 Å². The number of fused-ring (bicyclic) bond motifs is 1. The molecule has 4 aromatic rings. The van der Waals surface area contributed by atoms with Crippen LogP contribution in [0, 0.1) is 11.6 Å². The number of nitrogens with zero attached hydrogens (tertiary/aromatic N) is 1. The molecule has 140 valence electrons. The van der Waals surface area contributed by atoms with Crippen LogP contribution in [0.15, 0.2) is 59.4 Å². The number of rotatable bonds is 3. The van der Waals surface area contributed by atoms with Crippen molar-refractivity contribution in [2.45, 2.75) is 6.42 Å². The maximum atomic E-state index is 14.4. The quantitative estimate of drug-likeness (QED) is 0.474. The van der Waals surface area contributed by atoms with Crippen molar-refractivity contribution in [3.05, 3.63) is 87.8 Å². The van der Waals surface area contributed by atoms with Gasteiger partial charge in [-0.15, -0.1) is 0 Å². The fraction of sp³-hybridized carbons (Fsp3) is 0.0476. The number of nitrogens with one attached hydrogen (secondary N) is 1. The van der Waals surface area contributed by atoms with Gasteiger partial charge in [0.2, 0.25) is 0 Å². The van der Waals surface area contributed by atoms with Gasteiger partial charge < -0.3 is 11.5 Å². The first-order valence-electron chi connectivity index (χ1n) is 8.53. The van der Waals surface area contributed by atoms with E-state index in [0.29, 0.717) is 33.8 Å². The zero-order chi connectivity index (χ0) is 19.8. The van der Waals surface area contributed by atoms with Gasteiger partial charge in [0.25, 0.3) is 5.56 Å². The molecule has 4 rings (SSSR count). The number of hydrogen-bond donors (Lipinski definition) is 3. The Morgan fingerprint density at radius 1 is 0.929 bits per heavy atom. The lowest BCUT2D eigenvalue weighted by atomic mass is 9.98. The van der Waals surface area contributed by atoms with Gasteiger partial charge in [0.05, 0.1) is 22.5 Å². The number of aromatic amines is 1. The predicted molar refractivity (Wildman–Crippen MR) is 106 cm³/mol. The molecule has 0 fully saturated rings. The van der Waals surface area contributed by atoms with Crippen LogP contribution in [0.4, 0.5) is 20.2 Å². The molecule has 3 aromatic carbocycles. The van der Waals surface area contributed by atoms with Crippen LogP contribution in [0.2, 0.25) is 0 Å². The number of nitrogen functional groups attached to an aromatic ring is 2. The van der Waals surface area contributed by atoms with Gasteiger partial charge in [-0.05, 0) is 47.5 Å². The molecule has 1 aromatic heterocycles. The monoisotopic (exact) mass is 378 g/mol.